The van der Waals surface area contributed by atoms with Crippen molar-refractivity contribution in [3.8, 4) is 5.75 Å². The van der Waals surface area contributed by atoms with Gasteiger partial charge in [0.1, 0.15) is 23.9 Å². The molecule has 0 radical (unpaired) electrons. The van der Waals surface area contributed by atoms with Gasteiger partial charge in [-0.2, -0.15) is 0 Å². The molecule has 3 aromatic carbocycles. The molecule has 0 saturated heterocycles. The van der Waals surface area contributed by atoms with E-state index in [0.29, 0.717) is 40.0 Å². The second-order valence-corrected chi connectivity index (χ2v) is 9.98. The monoisotopic (exact) mass is 527 g/mol. The van der Waals surface area contributed by atoms with Crippen molar-refractivity contribution in [2.24, 2.45) is 0 Å². The molecular weight excluding hydrogens is 494 g/mol. The molecule has 1 atom stereocenters. The number of fused-ring (bicyclic) bond motifs is 1. The lowest BCUT2D eigenvalue weighted by molar-refractivity contribution is -0.128. The Morgan fingerprint density at radius 1 is 1.03 bits per heavy atom. The third-order valence-corrected chi connectivity index (χ3v) is 6.78. The van der Waals surface area contributed by atoms with E-state index in [1.807, 2.05) is 45.0 Å². The normalized spacial score (nSPS) is 12.1. The summed E-state index contributed by atoms with van der Waals surface area (Å²) in [7, 11) is 1.54. The molecule has 0 aliphatic heterocycles. The maximum Gasteiger partial charge on any atom is 0.249 e. The van der Waals surface area contributed by atoms with Crippen molar-refractivity contribution < 1.29 is 19.1 Å². The summed E-state index contributed by atoms with van der Waals surface area (Å²) in [5.41, 5.74) is 1.98. The molecule has 0 aliphatic carbocycles. The number of methoxy groups -OCH3 is 1. The van der Waals surface area contributed by atoms with Gasteiger partial charge >= 0.3 is 0 Å². The number of rotatable bonds is 10. The molecule has 9 heteroatoms. The zero-order valence-electron chi connectivity index (χ0n) is 22.8. The Hall–Kier alpha value is -4.53. The maximum absolute atomic E-state index is 14.3. The van der Waals surface area contributed by atoms with Crippen LogP contribution in [0.3, 0.4) is 0 Å². The Morgan fingerprint density at radius 2 is 1.74 bits per heavy atom. The number of nitrogens with zero attached hydrogens (tertiary/aromatic N) is 4. The summed E-state index contributed by atoms with van der Waals surface area (Å²) >= 11 is 0. The van der Waals surface area contributed by atoms with Crippen LogP contribution < -0.4 is 15.0 Å². The van der Waals surface area contributed by atoms with Gasteiger partial charge in [-0.15, -0.1) is 5.10 Å². The molecule has 0 fully saturated rings. The van der Waals surface area contributed by atoms with Gasteiger partial charge in [-0.3, -0.25) is 19.3 Å². The summed E-state index contributed by atoms with van der Waals surface area (Å²) in [4.78, 5) is 42.4. The van der Waals surface area contributed by atoms with Crippen LogP contribution in [0.2, 0.25) is 0 Å². The standard InChI is InChI=1S/C30H33N5O4/c1-6-30(3,4)31-29(38)28(21-12-11-13-22(18-21)39-5)35(25-16-9-7-14-23(25)20(2)36)27(37)19-34-26-17-10-8-15-24(26)32-33-34/h7-18,28H,6,19H2,1-5H3,(H,31,38)/t28-/m0/s1. The number of ether oxygens (including phenoxy) is 1. The molecule has 0 unspecified atom stereocenters. The van der Waals surface area contributed by atoms with Gasteiger partial charge in [0.2, 0.25) is 11.8 Å². The fourth-order valence-electron chi connectivity index (χ4n) is 4.36. The van der Waals surface area contributed by atoms with Crippen molar-refractivity contribution in [2.75, 3.05) is 12.0 Å². The number of carbonyl (C=O) groups is 3. The first-order valence-electron chi connectivity index (χ1n) is 12.8. The van der Waals surface area contributed by atoms with Gasteiger partial charge in [-0.25, -0.2) is 4.68 Å². The largest absolute Gasteiger partial charge is 0.497 e. The summed E-state index contributed by atoms with van der Waals surface area (Å²) in [6.45, 7) is 7.06. The van der Waals surface area contributed by atoms with Crippen LogP contribution in [0.15, 0.2) is 72.8 Å². The zero-order chi connectivity index (χ0) is 28.2. The van der Waals surface area contributed by atoms with Crippen LogP contribution in [0.4, 0.5) is 5.69 Å². The van der Waals surface area contributed by atoms with Crippen molar-refractivity contribution in [1.82, 2.24) is 20.3 Å². The molecule has 39 heavy (non-hydrogen) atoms. The first kappa shape index (κ1) is 27.5. The first-order chi connectivity index (χ1) is 18.6. The third kappa shape index (κ3) is 5.98. The maximum atomic E-state index is 14.3. The number of para-hydroxylation sites is 2. The van der Waals surface area contributed by atoms with Crippen LogP contribution in [0.1, 0.15) is 56.1 Å². The SMILES string of the molecule is CCC(C)(C)NC(=O)[C@H](c1cccc(OC)c1)N(C(=O)Cn1nnc2ccccc21)c1ccccc1C(C)=O. The van der Waals surface area contributed by atoms with Crippen molar-refractivity contribution in [1.29, 1.82) is 0 Å². The number of Topliss-reactive ketones (excluding diaryl/α,β-unsaturated/α-hetero) is 1. The molecule has 4 rings (SSSR count). The number of carbonyl (C=O) groups excluding carboxylic acids is 3. The molecule has 202 valence electrons. The predicted molar refractivity (Wildman–Crippen MR) is 150 cm³/mol. The summed E-state index contributed by atoms with van der Waals surface area (Å²) in [6, 6.07) is 20.1. The number of hydrogen-bond donors (Lipinski definition) is 1. The van der Waals surface area contributed by atoms with E-state index in [0.717, 1.165) is 0 Å². The highest BCUT2D eigenvalue weighted by Gasteiger charge is 2.36. The van der Waals surface area contributed by atoms with Crippen molar-refractivity contribution in [2.45, 2.75) is 52.2 Å². The van der Waals surface area contributed by atoms with Gasteiger partial charge < -0.3 is 10.1 Å². The highest BCUT2D eigenvalue weighted by Crippen LogP contribution is 2.33. The van der Waals surface area contributed by atoms with Crippen molar-refractivity contribution in [3.63, 3.8) is 0 Å². The Bertz CT molecular complexity index is 1510. The molecule has 0 aliphatic rings. The summed E-state index contributed by atoms with van der Waals surface area (Å²) < 4.78 is 6.93. The number of anilines is 1. The van der Waals surface area contributed by atoms with Gasteiger partial charge in [-0.05, 0) is 69.2 Å². The summed E-state index contributed by atoms with van der Waals surface area (Å²) in [6.07, 6.45) is 0.673. The van der Waals surface area contributed by atoms with Gasteiger partial charge in [0.05, 0.1) is 18.3 Å². The Morgan fingerprint density at radius 3 is 2.46 bits per heavy atom. The molecule has 9 nitrogen and oxygen atoms in total. The van der Waals surface area contributed by atoms with E-state index in [2.05, 4.69) is 15.6 Å². The highest BCUT2D eigenvalue weighted by atomic mass is 16.5. The topological polar surface area (TPSA) is 106 Å². The minimum Gasteiger partial charge on any atom is -0.497 e. The van der Waals surface area contributed by atoms with E-state index in [4.69, 9.17) is 4.74 Å². The van der Waals surface area contributed by atoms with Gasteiger partial charge in [-0.1, -0.05) is 48.5 Å². The molecule has 1 N–H and O–H groups in total. The predicted octanol–water partition coefficient (Wildman–Crippen LogP) is 4.72. The average Bonchev–Trinajstić information content (AvgIpc) is 3.33. The van der Waals surface area contributed by atoms with Gasteiger partial charge in [0.15, 0.2) is 5.78 Å². The summed E-state index contributed by atoms with van der Waals surface area (Å²) in [5, 5.41) is 11.4. The summed E-state index contributed by atoms with van der Waals surface area (Å²) in [5.74, 6) is -0.509. The number of ketones is 1. The number of nitrogens with one attached hydrogen (secondary N) is 1. The van der Waals surface area contributed by atoms with E-state index in [9.17, 15) is 14.4 Å². The number of benzene rings is 3. The Kier molecular flexibility index (Phi) is 8.09. The van der Waals surface area contributed by atoms with E-state index in [-0.39, 0.29) is 18.2 Å². The fraction of sp³-hybridized carbons (Fsp3) is 0.300. The van der Waals surface area contributed by atoms with E-state index < -0.39 is 17.5 Å². The lowest BCUT2D eigenvalue weighted by Gasteiger charge is -2.35. The molecule has 4 aromatic rings. The van der Waals surface area contributed by atoms with Gasteiger partial charge in [0.25, 0.3) is 0 Å². The van der Waals surface area contributed by atoms with Crippen molar-refractivity contribution in [3.05, 3.63) is 83.9 Å². The third-order valence-electron chi connectivity index (χ3n) is 6.78. The highest BCUT2D eigenvalue weighted by molar-refractivity contribution is 6.08. The van der Waals surface area contributed by atoms with Crippen LogP contribution >= 0.6 is 0 Å². The Labute approximate surface area is 227 Å². The lowest BCUT2D eigenvalue weighted by atomic mass is 9.97. The van der Waals surface area contributed by atoms with Crippen LogP contribution in [0, 0.1) is 0 Å². The van der Waals surface area contributed by atoms with Gasteiger partial charge in [0, 0.05) is 11.1 Å². The Balaban J connectivity index is 1.90. The zero-order valence-corrected chi connectivity index (χ0v) is 22.8. The molecule has 0 spiro atoms. The van der Waals surface area contributed by atoms with E-state index in [1.54, 1.807) is 48.5 Å². The fourth-order valence-corrected chi connectivity index (χ4v) is 4.36. The smallest absolute Gasteiger partial charge is 0.249 e. The van der Waals surface area contributed by atoms with Crippen LogP contribution in [0.5, 0.6) is 5.75 Å². The molecule has 1 heterocycles. The van der Waals surface area contributed by atoms with Crippen LogP contribution in [-0.4, -0.2) is 45.2 Å². The number of hydrogen-bond acceptors (Lipinski definition) is 6. The van der Waals surface area contributed by atoms with Crippen LogP contribution in [-0.2, 0) is 16.1 Å². The van der Waals surface area contributed by atoms with Crippen LogP contribution in [0.25, 0.3) is 11.0 Å². The number of amides is 2. The molecule has 0 bridgehead atoms. The molecule has 1 aromatic heterocycles. The molecule has 2 amide bonds. The second-order valence-electron chi connectivity index (χ2n) is 9.98. The minimum atomic E-state index is -1.10. The second kappa shape index (κ2) is 11.5. The lowest BCUT2D eigenvalue weighted by Crippen LogP contribution is -2.51. The number of aromatic nitrogens is 3. The van der Waals surface area contributed by atoms with E-state index >= 15 is 0 Å². The average molecular weight is 528 g/mol. The molecular formula is C30H33N5O4. The van der Waals surface area contributed by atoms with Crippen molar-refractivity contribution >= 4 is 34.3 Å². The minimum absolute atomic E-state index is 0.197. The molecule has 0 saturated carbocycles. The quantitative estimate of drug-likeness (QED) is 0.299. The van der Waals surface area contributed by atoms with E-state index in [1.165, 1.54) is 23.6 Å². The first-order valence-corrected chi connectivity index (χ1v) is 12.8.